The lowest BCUT2D eigenvalue weighted by Crippen LogP contribution is -2.42. The van der Waals surface area contributed by atoms with Crippen molar-refractivity contribution in [2.75, 3.05) is 13.1 Å². The number of benzene rings is 2. The predicted molar refractivity (Wildman–Crippen MR) is 108 cm³/mol. The van der Waals surface area contributed by atoms with Crippen LogP contribution in [0.5, 0.6) is 0 Å². The van der Waals surface area contributed by atoms with Gasteiger partial charge in [0.25, 0.3) is 0 Å². The van der Waals surface area contributed by atoms with Crippen LogP contribution in [0.1, 0.15) is 30.4 Å². The highest BCUT2D eigenvalue weighted by Crippen LogP contribution is 2.48. The number of fused-ring (bicyclic) bond motifs is 2. The Kier molecular flexibility index (Phi) is 4.22. The number of hydrogen-bond donors (Lipinski definition) is 1. The lowest BCUT2D eigenvalue weighted by atomic mass is 9.67. The van der Waals surface area contributed by atoms with Crippen LogP contribution in [-0.2, 0) is 12.1 Å². The van der Waals surface area contributed by atoms with Gasteiger partial charge in [-0.25, -0.2) is 0 Å². The van der Waals surface area contributed by atoms with Gasteiger partial charge in [0.2, 0.25) is 0 Å². The molecule has 3 heteroatoms. The Hall–Kier alpha value is -2.23. The van der Waals surface area contributed by atoms with Gasteiger partial charge in [-0.15, -0.1) is 0 Å². The van der Waals surface area contributed by atoms with Gasteiger partial charge >= 0.3 is 0 Å². The molecule has 2 aromatic carbocycles. The van der Waals surface area contributed by atoms with E-state index in [4.69, 9.17) is 0 Å². The van der Waals surface area contributed by atoms with Crippen molar-refractivity contribution >= 4 is 10.8 Å². The zero-order valence-corrected chi connectivity index (χ0v) is 15.6. The van der Waals surface area contributed by atoms with Gasteiger partial charge in [0, 0.05) is 43.3 Å². The molecule has 1 saturated carbocycles. The van der Waals surface area contributed by atoms with E-state index < -0.39 is 5.60 Å². The predicted octanol–water partition coefficient (Wildman–Crippen LogP) is 4.35. The Balaban J connectivity index is 1.41. The van der Waals surface area contributed by atoms with Crippen LogP contribution in [0.4, 0.5) is 0 Å². The summed E-state index contributed by atoms with van der Waals surface area (Å²) in [6.45, 7) is 3.00. The maximum Gasteiger partial charge on any atom is 0.0939 e. The van der Waals surface area contributed by atoms with E-state index in [9.17, 15) is 5.11 Å². The first-order valence-electron chi connectivity index (χ1n) is 10.1. The van der Waals surface area contributed by atoms with Crippen molar-refractivity contribution in [1.29, 1.82) is 0 Å². The third-order valence-corrected chi connectivity index (χ3v) is 6.70. The third kappa shape index (κ3) is 2.95. The molecule has 2 fully saturated rings. The summed E-state index contributed by atoms with van der Waals surface area (Å²) >= 11 is 0. The Bertz CT molecular complexity index is 936. The van der Waals surface area contributed by atoms with Gasteiger partial charge in [0.05, 0.1) is 5.60 Å². The topological polar surface area (TPSA) is 36.4 Å². The molecule has 1 saturated heterocycles. The summed E-state index contributed by atoms with van der Waals surface area (Å²) in [4.78, 5) is 6.80. The minimum Gasteiger partial charge on any atom is -0.385 e. The highest BCUT2D eigenvalue weighted by atomic mass is 16.3. The molecule has 3 aromatic rings. The van der Waals surface area contributed by atoms with Gasteiger partial charge in [0.15, 0.2) is 0 Å². The van der Waals surface area contributed by atoms with Crippen molar-refractivity contribution < 1.29 is 5.11 Å². The smallest absolute Gasteiger partial charge is 0.0939 e. The lowest BCUT2D eigenvalue weighted by molar-refractivity contribution is -0.0648. The van der Waals surface area contributed by atoms with Crippen molar-refractivity contribution in [1.82, 2.24) is 9.88 Å². The minimum atomic E-state index is -0.679. The molecule has 1 N–H and O–H groups in total. The van der Waals surface area contributed by atoms with Crippen molar-refractivity contribution in [3.8, 4) is 0 Å². The van der Waals surface area contributed by atoms with Gasteiger partial charge in [-0.3, -0.25) is 9.88 Å². The molecule has 0 amide bonds. The molecule has 3 nitrogen and oxygen atoms in total. The highest BCUT2D eigenvalue weighted by molar-refractivity contribution is 5.84. The molecule has 3 atom stereocenters. The highest BCUT2D eigenvalue weighted by Gasteiger charge is 2.49. The maximum absolute atomic E-state index is 11.6. The van der Waals surface area contributed by atoms with Crippen molar-refractivity contribution in [3.05, 3.63) is 78.1 Å². The summed E-state index contributed by atoms with van der Waals surface area (Å²) in [7, 11) is 0. The Morgan fingerprint density at radius 2 is 1.93 bits per heavy atom. The fourth-order valence-electron chi connectivity index (χ4n) is 5.40. The Morgan fingerprint density at radius 1 is 1.04 bits per heavy atom. The van der Waals surface area contributed by atoms with Crippen LogP contribution in [0.25, 0.3) is 10.8 Å². The summed E-state index contributed by atoms with van der Waals surface area (Å²) in [5, 5.41) is 14.1. The molecule has 2 heterocycles. The fourth-order valence-corrected chi connectivity index (χ4v) is 5.40. The number of aliphatic hydroxyl groups is 1. The van der Waals surface area contributed by atoms with Gasteiger partial charge in [-0.2, -0.15) is 0 Å². The Morgan fingerprint density at radius 3 is 2.81 bits per heavy atom. The van der Waals surface area contributed by atoms with Gasteiger partial charge in [-0.1, -0.05) is 48.5 Å². The van der Waals surface area contributed by atoms with E-state index in [-0.39, 0.29) is 0 Å². The zero-order chi connectivity index (χ0) is 18.3. The number of rotatable bonds is 3. The first-order chi connectivity index (χ1) is 13.2. The number of likely N-dealkylation sites (tertiary alicyclic amines) is 1. The molecule has 0 spiro atoms. The molecule has 138 valence electrons. The van der Waals surface area contributed by atoms with Crippen molar-refractivity contribution in [2.45, 2.75) is 31.4 Å². The van der Waals surface area contributed by atoms with E-state index >= 15 is 0 Å². The van der Waals surface area contributed by atoms with Crippen LogP contribution >= 0.6 is 0 Å². The van der Waals surface area contributed by atoms with Gasteiger partial charge < -0.3 is 5.11 Å². The first kappa shape index (κ1) is 16.9. The molecule has 1 aromatic heterocycles. The van der Waals surface area contributed by atoms with E-state index in [1.54, 1.807) is 0 Å². The van der Waals surface area contributed by atoms with E-state index in [0.29, 0.717) is 11.8 Å². The maximum atomic E-state index is 11.6. The minimum absolute atomic E-state index is 0.324. The Labute approximate surface area is 160 Å². The second-order valence-corrected chi connectivity index (χ2v) is 8.26. The van der Waals surface area contributed by atoms with Crippen molar-refractivity contribution in [3.63, 3.8) is 0 Å². The molecule has 1 aliphatic heterocycles. The molecule has 1 aliphatic carbocycles. The largest absolute Gasteiger partial charge is 0.385 e. The number of nitrogens with zero attached hydrogens (tertiary/aromatic N) is 2. The molecule has 5 rings (SSSR count). The molecular weight excluding hydrogens is 332 g/mol. The normalized spacial score (nSPS) is 28.3. The average Bonchev–Trinajstić information content (AvgIpc) is 3.13. The number of hydrogen-bond acceptors (Lipinski definition) is 3. The quantitative estimate of drug-likeness (QED) is 0.756. The second kappa shape index (κ2) is 6.74. The number of pyridine rings is 1. The molecular formula is C24H26N2O. The third-order valence-electron chi connectivity index (χ3n) is 6.70. The molecule has 27 heavy (non-hydrogen) atoms. The monoisotopic (exact) mass is 358 g/mol. The van der Waals surface area contributed by atoms with Crippen LogP contribution in [0, 0.1) is 11.8 Å². The van der Waals surface area contributed by atoms with Crippen molar-refractivity contribution in [2.24, 2.45) is 11.8 Å². The van der Waals surface area contributed by atoms with Crippen LogP contribution < -0.4 is 0 Å². The SMILES string of the molecule is O[C@@]1(c2ccccc2)CCC[C@H]2CN(Cc3cccc4cnccc34)C[C@H]21. The lowest BCUT2D eigenvalue weighted by Gasteiger charge is -2.41. The van der Waals surface area contributed by atoms with E-state index in [1.165, 1.54) is 22.8 Å². The van der Waals surface area contributed by atoms with Gasteiger partial charge in [-0.05, 0) is 47.8 Å². The van der Waals surface area contributed by atoms with E-state index in [2.05, 4.69) is 46.3 Å². The number of aromatic nitrogens is 1. The van der Waals surface area contributed by atoms with E-state index in [1.807, 2.05) is 30.6 Å². The summed E-state index contributed by atoms with van der Waals surface area (Å²) in [6.07, 6.45) is 7.04. The summed E-state index contributed by atoms with van der Waals surface area (Å²) < 4.78 is 0. The second-order valence-electron chi connectivity index (χ2n) is 8.26. The summed E-state index contributed by atoms with van der Waals surface area (Å²) in [6, 6.07) is 18.9. The van der Waals surface area contributed by atoms with Crippen LogP contribution in [0.2, 0.25) is 0 Å². The van der Waals surface area contributed by atoms with Crippen LogP contribution in [0.15, 0.2) is 67.0 Å². The molecule has 2 aliphatic rings. The van der Waals surface area contributed by atoms with E-state index in [0.717, 1.165) is 38.0 Å². The fraction of sp³-hybridized carbons (Fsp3) is 0.375. The standard InChI is InChI=1S/C24H26N2O/c27-24(21-9-2-1-3-10-21)12-5-8-20-16-26(17-23(20)24)15-19-7-4-6-18-14-25-13-11-22(18)19/h1-4,6-7,9-11,13-14,20,23,27H,5,8,12,15-17H2/t20-,23+,24+/m0/s1. The molecule has 0 bridgehead atoms. The molecule has 0 unspecified atom stereocenters. The first-order valence-corrected chi connectivity index (χ1v) is 10.1. The molecule has 0 radical (unpaired) electrons. The average molecular weight is 358 g/mol. The van der Waals surface area contributed by atoms with Crippen LogP contribution in [0.3, 0.4) is 0 Å². The van der Waals surface area contributed by atoms with Gasteiger partial charge in [0.1, 0.15) is 0 Å². The zero-order valence-electron chi connectivity index (χ0n) is 15.6. The summed E-state index contributed by atoms with van der Waals surface area (Å²) in [5.41, 5.74) is 1.77. The summed E-state index contributed by atoms with van der Waals surface area (Å²) in [5.74, 6) is 0.908. The van der Waals surface area contributed by atoms with Crippen LogP contribution in [-0.4, -0.2) is 28.1 Å².